The van der Waals surface area contributed by atoms with E-state index in [2.05, 4.69) is 0 Å². The van der Waals surface area contributed by atoms with E-state index in [1.54, 1.807) is 6.08 Å². The van der Waals surface area contributed by atoms with Crippen LogP contribution in [0.2, 0.25) is 0 Å². The van der Waals surface area contributed by atoms with Gasteiger partial charge in [-0.25, -0.2) is 4.79 Å². The number of hydrogen-bond donors (Lipinski definition) is 0. The molecule has 0 saturated heterocycles. The lowest BCUT2D eigenvalue weighted by Crippen LogP contribution is -2.20. The highest BCUT2D eigenvalue weighted by molar-refractivity contribution is 6.18. The van der Waals surface area contributed by atoms with Crippen LogP contribution in [0.1, 0.15) is 6.42 Å². The Morgan fingerprint density at radius 2 is 2.67 bits per heavy atom. The van der Waals surface area contributed by atoms with E-state index in [0.717, 1.165) is 6.42 Å². The van der Waals surface area contributed by atoms with Gasteiger partial charge in [-0.3, -0.25) is 0 Å². The maximum atomic E-state index is 10.5. The Morgan fingerprint density at radius 3 is 3.11 bits per heavy atom. The summed E-state index contributed by atoms with van der Waals surface area (Å²) in [4.78, 5) is 10.5. The topological polar surface area (TPSA) is 26.3 Å². The molecule has 0 N–H and O–H groups in total. The zero-order valence-corrected chi connectivity index (χ0v) is 5.60. The van der Waals surface area contributed by atoms with Crippen LogP contribution in [0.4, 0.5) is 0 Å². The van der Waals surface area contributed by atoms with Crippen molar-refractivity contribution < 1.29 is 9.53 Å². The average molecular weight is 147 g/mol. The van der Waals surface area contributed by atoms with E-state index in [1.165, 1.54) is 6.08 Å². The van der Waals surface area contributed by atoms with Crippen LogP contribution < -0.4 is 0 Å². The minimum atomic E-state index is -0.285. The number of carbonyl (C=O) groups is 1. The molecule has 0 aromatic rings. The molecule has 0 amide bonds. The summed E-state index contributed by atoms with van der Waals surface area (Å²) in [5.74, 6) is 0.0997. The summed E-state index contributed by atoms with van der Waals surface area (Å²) in [5, 5.41) is 0. The molecule has 0 bridgehead atoms. The maximum absolute atomic E-state index is 10.5. The summed E-state index contributed by atoms with van der Waals surface area (Å²) in [7, 11) is 0. The first-order valence-electron chi connectivity index (χ1n) is 2.76. The number of halogens is 1. The highest BCUT2D eigenvalue weighted by Crippen LogP contribution is 2.07. The van der Waals surface area contributed by atoms with Crippen LogP contribution in [0.3, 0.4) is 0 Å². The molecule has 0 spiro atoms. The van der Waals surface area contributed by atoms with E-state index in [1.807, 2.05) is 0 Å². The third kappa shape index (κ3) is 1.72. The monoisotopic (exact) mass is 146 g/mol. The Hall–Kier alpha value is -0.500. The fourth-order valence-corrected chi connectivity index (χ4v) is 0.851. The van der Waals surface area contributed by atoms with Crippen LogP contribution in [-0.4, -0.2) is 18.0 Å². The molecule has 1 atom stereocenters. The Kier molecular flexibility index (Phi) is 2.11. The first-order chi connectivity index (χ1) is 4.33. The molecule has 2 nitrogen and oxygen atoms in total. The van der Waals surface area contributed by atoms with Gasteiger partial charge >= 0.3 is 5.97 Å². The second-order valence-corrected chi connectivity index (χ2v) is 2.16. The molecule has 0 saturated carbocycles. The van der Waals surface area contributed by atoms with E-state index in [-0.39, 0.29) is 12.1 Å². The Balaban J connectivity index is 2.47. The summed E-state index contributed by atoms with van der Waals surface area (Å²) in [6.07, 6.45) is 3.83. The summed E-state index contributed by atoms with van der Waals surface area (Å²) < 4.78 is 4.78. The number of cyclic esters (lactones) is 1. The molecule has 0 radical (unpaired) electrons. The van der Waals surface area contributed by atoms with Crippen LogP contribution in [0, 0.1) is 0 Å². The van der Waals surface area contributed by atoms with E-state index in [0.29, 0.717) is 5.88 Å². The second kappa shape index (κ2) is 2.87. The first-order valence-corrected chi connectivity index (χ1v) is 3.29. The molecule has 50 valence electrons. The minimum Gasteiger partial charge on any atom is -0.458 e. The maximum Gasteiger partial charge on any atom is 0.330 e. The van der Waals surface area contributed by atoms with E-state index < -0.39 is 0 Å². The lowest BCUT2D eigenvalue weighted by molar-refractivity contribution is -0.142. The standard InChI is InChI=1S/C6H7ClO2/c7-4-5-2-1-3-6(8)9-5/h1,3,5H,2,4H2. The summed E-state index contributed by atoms with van der Waals surface area (Å²) in [5.41, 5.74) is 0. The quantitative estimate of drug-likeness (QED) is 0.409. The lowest BCUT2D eigenvalue weighted by atomic mass is 10.2. The molecule has 0 aliphatic carbocycles. The van der Waals surface area contributed by atoms with Gasteiger partial charge in [-0.15, -0.1) is 11.6 Å². The van der Waals surface area contributed by atoms with Crippen LogP contribution in [0.25, 0.3) is 0 Å². The fraction of sp³-hybridized carbons (Fsp3) is 0.500. The first kappa shape index (κ1) is 6.62. The molecule has 1 rings (SSSR count). The van der Waals surface area contributed by atoms with E-state index in [9.17, 15) is 4.79 Å². The van der Waals surface area contributed by atoms with Gasteiger partial charge in [-0.05, 0) is 0 Å². The number of alkyl halides is 1. The molecule has 1 unspecified atom stereocenters. The zero-order chi connectivity index (χ0) is 6.69. The normalized spacial score (nSPS) is 25.9. The van der Waals surface area contributed by atoms with E-state index >= 15 is 0 Å². The third-order valence-corrected chi connectivity index (χ3v) is 1.45. The summed E-state index contributed by atoms with van der Waals surface area (Å²) in [6, 6.07) is 0. The van der Waals surface area contributed by atoms with Gasteiger partial charge in [-0.1, -0.05) is 6.08 Å². The Bertz CT molecular complexity index is 142. The van der Waals surface area contributed by atoms with Crippen molar-refractivity contribution in [2.75, 3.05) is 5.88 Å². The second-order valence-electron chi connectivity index (χ2n) is 1.85. The van der Waals surface area contributed by atoms with Crippen molar-refractivity contribution in [1.82, 2.24) is 0 Å². The van der Waals surface area contributed by atoms with Crippen molar-refractivity contribution >= 4 is 17.6 Å². The molecular formula is C6H7ClO2. The Morgan fingerprint density at radius 1 is 1.89 bits per heavy atom. The average Bonchev–Trinajstić information content (AvgIpc) is 1.88. The summed E-state index contributed by atoms with van der Waals surface area (Å²) in [6.45, 7) is 0. The van der Waals surface area contributed by atoms with Crippen LogP contribution in [0.5, 0.6) is 0 Å². The van der Waals surface area contributed by atoms with Gasteiger partial charge in [0.05, 0.1) is 5.88 Å². The van der Waals surface area contributed by atoms with Gasteiger partial charge in [0, 0.05) is 12.5 Å². The molecule has 9 heavy (non-hydrogen) atoms. The van der Waals surface area contributed by atoms with Crippen molar-refractivity contribution in [2.45, 2.75) is 12.5 Å². The summed E-state index contributed by atoms with van der Waals surface area (Å²) >= 11 is 5.43. The Labute approximate surface area is 58.4 Å². The highest BCUT2D eigenvalue weighted by atomic mass is 35.5. The molecule has 1 heterocycles. The molecular weight excluding hydrogens is 140 g/mol. The van der Waals surface area contributed by atoms with Crippen molar-refractivity contribution in [1.29, 1.82) is 0 Å². The van der Waals surface area contributed by atoms with Crippen LogP contribution in [0.15, 0.2) is 12.2 Å². The van der Waals surface area contributed by atoms with Gasteiger partial charge in [0.1, 0.15) is 6.10 Å². The van der Waals surface area contributed by atoms with Gasteiger partial charge in [0.2, 0.25) is 0 Å². The van der Waals surface area contributed by atoms with Crippen molar-refractivity contribution in [2.24, 2.45) is 0 Å². The number of carbonyl (C=O) groups excluding carboxylic acids is 1. The molecule has 0 fully saturated rings. The molecule has 3 heteroatoms. The minimum absolute atomic E-state index is 0.107. The predicted octanol–water partition coefficient (Wildman–Crippen LogP) is 1.10. The van der Waals surface area contributed by atoms with Crippen molar-refractivity contribution in [3.8, 4) is 0 Å². The molecule has 0 aromatic heterocycles. The van der Waals surface area contributed by atoms with E-state index in [4.69, 9.17) is 16.3 Å². The number of rotatable bonds is 1. The van der Waals surface area contributed by atoms with Crippen LogP contribution >= 0.6 is 11.6 Å². The van der Waals surface area contributed by atoms with Crippen molar-refractivity contribution in [3.63, 3.8) is 0 Å². The van der Waals surface area contributed by atoms with Crippen molar-refractivity contribution in [3.05, 3.63) is 12.2 Å². The molecule has 1 aliphatic rings. The van der Waals surface area contributed by atoms with Gasteiger partial charge in [-0.2, -0.15) is 0 Å². The van der Waals surface area contributed by atoms with Gasteiger partial charge in [0.15, 0.2) is 0 Å². The number of hydrogen-bond acceptors (Lipinski definition) is 2. The number of esters is 1. The van der Waals surface area contributed by atoms with Gasteiger partial charge in [0.25, 0.3) is 0 Å². The highest BCUT2D eigenvalue weighted by Gasteiger charge is 2.13. The zero-order valence-electron chi connectivity index (χ0n) is 4.84. The fourth-order valence-electron chi connectivity index (χ4n) is 0.662. The SMILES string of the molecule is O=C1C=CCC(CCl)O1. The number of ether oxygens (including phenoxy) is 1. The third-order valence-electron chi connectivity index (χ3n) is 1.11. The van der Waals surface area contributed by atoms with Crippen LogP contribution in [-0.2, 0) is 9.53 Å². The molecule has 1 aliphatic heterocycles. The smallest absolute Gasteiger partial charge is 0.330 e. The predicted molar refractivity (Wildman–Crippen MR) is 34.4 cm³/mol. The largest absolute Gasteiger partial charge is 0.458 e. The molecule has 0 aromatic carbocycles. The van der Waals surface area contributed by atoms with Gasteiger partial charge < -0.3 is 4.74 Å². The lowest BCUT2D eigenvalue weighted by Gasteiger charge is -2.14.